The summed E-state index contributed by atoms with van der Waals surface area (Å²) in [5.74, 6) is -0.626. The maximum atomic E-state index is 13.2. The molecule has 1 aromatic rings. The summed E-state index contributed by atoms with van der Waals surface area (Å²) >= 11 is 0. The zero-order chi connectivity index (χ0) is 9.84. The number of carbonyl (C=O) groups is 1. The number of benzene rings is 1. The third-order valence-electron chi connectivity index (χ3n) is 1.95. The molecule has 0 N–H and O–H groups in total. The highest BCUT2D eigenvalue weighted by Gasteiger charge is 2.06. The Morgan fingerprint density at radius 2 is 2.15 bits per heavy atom. The number of halogens is 1. The monoisotopic (exact) mass is 180 g/mol. The molecule has 0 aliphatic rings. The molecule has 0 saturated carbocycles. The maximum absolute atomic E-state index is 13.2. The van der Waals surface area contributed by atoms with Crippen LogP contribution < -0.4 is 0 Å². The molecule has 0 atom stereocenters. The van der Waals surface area contributed by atoms with Crippen molar-refractivity contribution in [3.63, 3.8) is 0 Å². The minimum Gasteiger partial charge on any atom is -0.294 e. The Kier molecular flexibility index (Phi) is 3.18. The fourth-order valence-corrected chi connectivity index (χ4v) is 1.29. The number of ketones is 1. The number of rotatable bonds is 3. The van der Waals surface area contributed by atoms with Gasteiger partial charge < -0.3 is 0 Å². The van der Waals surface area contributed by atoms with E-state index < -0.39 is 5.82 Å². The third kappa shape index (κ3) is 2.38. The van der Waals surface area contributed by atoms with Gasteiger partial charge in [-0.1, -0.05) is 19.4 Å². The van der Waals surface area contributed by atoms with Crippen LogP contribution in [0.2, 0.25) is 0 Å². The first-order valence-corrected chi connectivity index (χ1v) is 4.44. The maximum Gasteiger partial charge on any atom is 0.162 e. The van der Waals surface area contributed by atoms with E-state index in [2.05, 4.69) is 0 Å². The van der Waals surface area contributed by atoms with Crippen LogP contribution in [0, 0.1) is 5.82 Å². The standard InChI is InChI=1S/C11H13FO/c1-3-4-9-5-6-10(8(2)13)11(12)7-9/h5-7H,3-4H2,1-2H3. The van der Waals surface area contributed by atoms with Gasteiger partial charge in [0, 0.05) is 0 Å². The lowest BCUT2D eigenvalue weighted by atomic mass is 10.1. The van der Waals surface area contributed by atoms with Gasteiger partial charge in [0.25, 0.3) is 0 Å². The molecule has 2 heteroatoms. The van der Waals surface area contributed by atoms with Gasteiger partial charge in [-0.3, -0.25) is 4.79 Å². The first-order valence-electron chi connectivity index (χ1n) is 4.44. The Labute approximate surface area is 77.6 Å². The summed E-state index contributed by atoms with van der Waals surface area (Å²) in [6, 6.07) is 4.81. The molecule has 70 valence electrons. The van der Waals surface area contributed by atoms with Crippen LogP contribution in [-0.2, 0) is 6.42 Å². The second-order valence-electron chi connectivity index (χ2n) is 3.12. The summed E-state index contributed by atoms with van der Waals surface area (Å²) in [5.41, 5.74) is 1.13. The van der Waals surface area contributed by atoms with Gasteiger partial charge in [-0.2, -0.15) is 0 Å². The van der Waals surface area contributed by atoms with Crippen LogP contribution in [0.1, 0.15) is 36.2 Å². The van der Waals surface area contributed by atoms with Crippen LogP contribution in [0.4, 0.5) is 4.39 Å². The van der Waals surface area contributed by atoms with Crippen molar-refractivity contribution in [1.29, 1.82) is 0 Å². The van der Waals surface area contributed by atoms with Crippen molar-refractivity contribution >= 4 is 5.78 Å². The van der Waals surface area contributed by atoms with Crippen LogP contribution in [-0.4, -0.2) is 5.78 Å². The second-order valence-corrected chi connectivity index (χ2v) is 3.12. The molecule has 1 aromatic carbocycles. The van der Waals surface area contributed by atoms with Crippen molar-refractivity contribution in [2.24, 2.45) is 0 Å². The first-order chi connectivity index (χ1) is 6.15. The Bertz CT molecular complexity index is 318. The van der Waals surface area contributed by atoms with Gasteiger partial charge in [0.05, 0.1) is 5.56 Å². The van der Waals surface area contributed by atoms with E-state index in [0.717, 1.165) is 18.4 Å². The minimum absolute atomic E-state index is 0.180. The van der Waals surface area contributed by atoms with Gasteiger partial charge in [-0.05, 0) is 31.0 Å². The van der Waals surface area contributed by atoms with Gasteiger partial charge in [0.15, 0.2) is 5.78 Å². The topological polar surface area (TPSA) is 17.1 Å². The molecule has 0 aliphatic carbocycles. The fraction of sp³-hybridized carbons (Fsp3) is 0.364. The molecule has 0 spiro atoms. The average Bonchev–Trinajstić information content (AvgIpc) is 2.04. The van der Waals surface area contributed by atoms with E-state index in [1.165, 1.54) is 13.0 Å². The molecule has 1 nitrogen and oxygen atoms in total. The van der Waals surface area contributed by atoms with E-state index in [0.29, 0.717) is 0 Å². The lowest BCUT2D eigenvalue weighted by Gasteiger charge is -2.01. The van der Waals surface area contributed by atoms with Crippen molar-refractivity contribution in [3.8, 4) is 0 Å². The molecule has 0 saturated heterocycles. The quantitative estimate of drug-likeness (QED) is 0.653. The summed E-state index contributed by atoms with van der Waals surface area (Å²) in [7, 11) is 0. The number of Topliss-reactive ketones (excluding diaryl/α,β-unsaturated/α-hetero) is 1. The summed E-state index contributed by atoms with van der Waals surface area (Å²) in [6.07, 6.45) is 1.84. The van der Waals surface area contributed by atoms with E-state index >= 15 is 0 Å². The molecule has 0 aliphatic heterocycles. The molecule has 0 fully saturated rings. The van der Waals surface area contributed by atoms with Crippen molar-refractivity contribution in [3.05, 3.63) is 35.1 Å². The second kappa shape index (κ2) is 4.17. The van der Waals surface area contributed by atoms with Crippen molar-refractivity contribution in [2.45, 2.75) is 26.7 Å². The van der Waals surface area contributed by atoms with Gasteiger partial charge in [0.1, 0.15) is 5.82 Å². The van der Waals surface area contributed by atoms with Gasteiger partial charge in [-0.15, -0.1) is 0 Å². The number of hydrogen-bond donors (Lipinski definition) is 0. The molecule has 0 aromatic heterocycles. The number of carbonyl (C=O) groups excluding carboxylic acids is 1. The summed E-state index contributed by atoms with van der Waals surface area (Å²) < 4.78 is 13.2. The van der Waals surface area contributed by atoms with Crippen LogP contribution >= 0.6 is 0 Å². The van der Waals surface area contributed by atoms with E-state index in [1.807, 2.05) is 13.0 Å². The zero-order valence-corrected chi connectivity index (χ0v) is 7.93. The Hall–Kier alpha value is -1.18. The highest BCUT2D eigenvalue weighted by Crippen LogP contribution is 2.12. The van der Waals surface area contributed by atoms with Crippen LogP contribution in [0.5, 0.6) is 0 Å². The van der Waals surface area contributed by atoms with Gasteiger partial charge >= 0.3 is 0 Å². The smallest absolute Gasteiger partial charge is 0.162 e. The zero-order valence-electron chi connectivity index (χ0n) is 7.93. The molecule has 0 unspecified atom stereocenters. The van der Waals surface area contributed by atoms with E-state index in [4.69, 9.17) is 0 Å². The van der Waals surface area contributed by atoms with E-state index in [-0.39, 0.29) is 11.3 Å². The van der Waals surface area contributed by atoms with E-state index in [9.17, 15) is 9.18 Å². The minimum atomic E-state index is -0.404. The molecule has 0 radical (unpaired) electrons. The highest BCUT2D eigenvalue weighted by molar-refractivity contribution is 5.94. The average molecular weight is 180 g/mol. The Balaban J connectivity index is 2.98. The summed E-state index contributed by atoms with van der Waals surface area (Å²) in [5, 5.41) is 0. The first kappa shape index (κ1) is 9.90. The van der Waals surface area contributed by atoms with Crippen LogP contribution in [0.3, 0.4) is 0 Å². The lowest BCUT2D eigenvalue weighted by molar-refractivity contribution is 0.101. The van der Waals surface area contributed by atoms with Gasteiger partial charge in [-0.25, -0.2) is 4.39 Å². The van der Waals surface area contributed by atoms with Crippen LogP contribution in [0.25, 0.3) is 0 Å². The fourth-order valence-electron chi connectivity index (χ4n) is 1.29. The van der Waals surface area contributed by atoms with Crippen molar-refractivity contribution in [2.75, 3.05) is 0 Å². The number of aryl methyl sites for hydroxylation is 1. The van der Waals surface area contributed by atoms with Crippen LogP contribution in [0.15, 0.2) is 18.2 Å². The largest absolute Gasteiger partial charge is 0.294 e. The van der Waals surface area contributed by atoms with Crippen molar-refractivity contribution < 1.29 is 9.18 Å². The third-order valence-corrected chi connectivity index (χ3v) is 1.95. The predicted molar refractivity (Wildman–Crippen MR) is 50.4 cm³/mol. The molecule has 0 bridgehead atoms. The lowest BCUT2D eigenvalue weighted by Crippen LogP contribution is -1.98. The summed E-state index contributed by atoms with van der Waals surface area (Å²) in [4.78, 5) is 10.9. The SMILES string of the molecule is CCCc1ccc(C(C)=O)c(F)c1. The highest BCUT2D eigenvalue weighted by atomic mass is 19.1. The Morgan fingerprint density at radius 1 is 1.46 bits per heavy atom. The van der Waals surface area contributed by atoms with E-state index in [1.54, 1.807) is 6.07 Å². The van der Waals surface area contributed by atoms with Gasteiger partial charge in [0.2, 0.25) is 0 Å². The number of hydrogen-bond acceptors (Lipinski definition) is 1. The molecule has 13 heavy (non-hydrogen) atoms. The Morgan fingerprint density at radius 3 is 2.62 bits per heavy atom. The summed E-state index contributed by atoms with van der Waals surface area (Å²) in [6.45, 7) is 3.41. The molecular weight excluding hydrogens is 167 g/mol. The molecule has 0 heterocycles. The van der Waals surface area contributed by atoms with Crippen molar-refractivity contribution in [1.82, 2.24) is 0 Å². The molecule has 0 amide bonds. The molecule has 1 rings (SSSR count). The predicted octanol–water partition coefficient (Wildman–Crippen LogP) is 2.98. The normalized spacial score (nSPS) is 10.1. The molecular formula is C11H13FO.